The molecule has 0 unspecified atom stereocenters. The predicted octanol–water partition coefficient (Wildman–Crippen LogP) is 7.49. The molecular formula is C43H39Cl2N3O8. The Hall–Kier alpha value is -5.39. The van der Waals surface area contributed by atoms with Crippen molar-refractivity contribution in [2.75, 3.05) is 19.1 Å². The van der Waals surface area contributed by atoms with Crippen molar-refractivity contribution in [3.05, 3.63) is 112 Å². The van der Waals surface area contributed by atoms with Crippen LogP contribution in [0.5, 0.6) is 11.5 Å². The van der Waals surface area contributed by atoms with Crippen molar-refractivity contribution in [2.24, 2.45) is 23.7 Å². The standard InChI is InChI=1S/C43H39Cl2N3O8/c1-56-26-14-11-24(12-15-26)43-31(40(53)48(42(43)55)46-33-18-13-25(44)21-32(33)45)22-30-28(38(43)37-27-8-5-4-7-23(27)10-19-34(37)49)16-17-29-36(30)41(54)47(39(29)52)20-6-2-3-9-35(50)51/h4-5,7-8,10-16,18-19,21,29-31,36,38,46,49H,2-3,6,9,17,20,22H2,1H3,(H,50,51)/t29-,30+,31-,36-,38+,43+/m0/s1. The molecule has 4 aromatic rings. The van der Waals surface area contributed by atoms with Gasteiger partial charge < -0.3 is 14.9 Å². The average Bonchev–Trinajstić information content (AvgIpc) is 3.56. The molecule has 8 rings (SSSR count). The van der Waals surface area contributed by atoms with Crippen LogP contribution in [0.3, 0.4) is 0 Å². The van der Waals surface area contributed by atoms with E-state index in [0.29, 0.717) is 52.1 Å². The number of allylic oxidation sites excluding steroid dienone is 2. The van der Waals surface area contributed by atoms with Gasteiger partial charge in [-0.05, 0) is 84.3 Å². The van der Waals surface area contributed by atoms with Crippen LogP contribution in [0.1, 0.15) is 55.6 Å². The number of fused-ring (bicyclic) bond motifs is 5. The van der Waals surface area contributed by atoms with Crippen molar-refractivity contribution in [1.82, 2.24) is 9.91 Å². The number of aliphatic carboxylic acids is 1. The zero-order valence-electron chi connectivity index (χ0n) is 30.4. The molecule has 0 spiro atoms. The maximum absolute atomic E-state index is 15.6. The average molecular weight is 797 g/mol. The molecule has 13 heteroatoms. The van der Waals surface area contributed by atoms with Gasteiger partial charge in [-0.1, -0.05) is 83.7 Å². The number of imide groups is 2. The van der Waals surface area contributed by atoms with E-state index in [2.05, 4.69) is 5.43 Å². The molecule has 4 aromatic carbocycles. The molecule has 1 saturated carbocycles. The first-order valence-corrected chi connectivity index (χ1v) is 19.4. The van der Waals surface area contributed by atoms with Gasteiger partial charge in [-0.2, -0.15) is 5.01 Å². The molecule has 3 fully saturated rings. The number of carboxylic acid groups (broad SMARTS) is 1. The number of aromatic hydroxyl groups is 1. The van der Waals surface area contributed by atoms with Crippen LogP contribution in [0, 0.1) is 23.7 Å². The first-order valence-electron chi connectivity index (χ1n) is 18.7. The van der Waals surface area contributed by atoms with Crippen molar-refractivity contribution in [3.63, 3.8) is 0 Å². The van der Waals surface area contributed by atoms with Gasteiger partial charge in [-0.15, -0.1) is 0 Å². The van der Waals surface area contributed by atoms with E-state index in [0.717, 1.165) is 10.4 Å². The number of carboxylic acids is 1. The van der Waals surface area contributed by atoms with Gasteiger partial charge >= 0.3 is 5.97 Å². The highest BCUT2D eigenvalue weighted by Gasteiger charge is 2.70. The topological polar surface area (TPSA) is 154 Å². The van der Waals surface area contributed by atoms with Crippen molar-refractivity contribution in [3.8, 4) is 11.5 Å². The fourth-order valence-corrected chi connectivity index (χ4v) is 10.2. The number of likely N-dealkylation sites (tertiary alicyclic amines) is 1. The van der Waals surface area contributed by atoms with Crippen LogP contribution in [0.2, 0.25) is 10.0 Å². The molecular weight excluding hydrogens is 757 g/mol. The lowest BCUT2D eigenvalue weighted by atomic mass is 9.48. The smallest absolute Gasteiger partial charge is 0.303 e. The lowest BCUT2D eigenvalue weighted by Crippen LogP contribution is -2.53. The van der Waals surface area contributed by atoms with Gasteiger partial charge in [-0.3, -0.25) is 34.3 Å². The van der Waals surface area contributed by atoms with E-state index in [1.165, 1.54) is 18.1 Å². The predicted molar refractivity (Wildman–Crippen MR) is 209 cm³/mol. The maximum atomic E-state index is 15.6. The van der Waals surface area contributed by atoms with Crippen LogP contribution in [0.25, 0.3) is 10.8 Å². The highest BCUT2D eigenvalue weighted by atomic mass is 35.5. The van der Waals surface area contributed by atoms with E-state index < -0.39 is 52.8 Å². The second-order valence-electron chi connectivity index (χ2n) is 15.0. The summed E-state index contributed by atoms with van der Waals surface area (Å²) in [7, 11) is 1.53. The zero-order chi connectivity index (χ0) is 39.5. The van der Waals surface area contributed by atoms with Crippen molar-refractivity contribution < 1.29 is 38.9 Å². The van der Waals surface area contributed by atoms with Gasteiger partial charge in [0.15, 0.2) is 0 Å². The van der Waals surface area contributed by atoms with E-state index in [1.807, 2.05) is 30.3 Å². The van der Waals surface area contributed by atoms with Gasteiger partial charge in [0.25, 0.3) is 11.8 Å². The Morgan fingerprint density at radius 1 is 0.911 bits per heavy atom. The van der Waals surface area contributed by atoms with Gasteiger partial charge in [-0.25, -0.2) is 0 Å². The molecule has 56 heavy (non-hydrogen) atoms. The maximum Gasteiger partial charge on any atom is 0.303 e. The van der Waals surface area contributed by atoms with Gasteiger partial charge in [0, 0.05) is 29.5 Å². The van der Waals surface area contributed by atoms with Crippen molar-refractivity contribution in [1.29, 1.82) is 0 Å². The van der Waals surface area contributed by atoms with Crippen LogP contribution in [-0.2, 0) is 29.4 Å². The molecule has 4 amide bonds. The number of unbranched alkanes of at least 4 members (excludes halogenated alkanes) is 2. The quantitative estimate of drug-likeness (QED) is 0.0796. The summed E-state index contributed by atoms with van der Waals surface area (Å²) in [5, 5.41) is 24.1. The summed E-state index contributed by atoms with van der Waals surface area (Å²) in [5.74, 6) is -6.29. The molecule has 2 aliphatic heterocycles. The highest BCUT2D eigenvalue weighted by Crippen LogP contribution is 2.65. The molecule has 2 saturated heterocycles. The number of anilines is 1. The number of hydrazine groups is 1. The molecule has 3 N–H and O–H groups in total. The first kappa shape index (κ1) is 37.5. The number of carbonyl (C=O) groups is 5. The molecule has 0 bridgehead atoms. The van der Waals surface area contributed by atoms with E-state index in [-0.39, 0.29) is 54.1 Å². The number of carbonyl (C=O) groups excluding carboxylic acids is 4. The lowest BCUT2D eigenvalue weighted by molar-refractivity contribution is -0.141. The van der Waals surface area contributed by atoms with E-state index in [4.69, 9.17) is 33.0 Å². The third kappa shape index (κ3) is 5.90. The number of nitrogens with one attached hydrogen (secondary N) is 1. The number of nitrogens with zero attached hydrogens (tertiary/aromatic N) is 2. The Balaban J connectivity index is 1.31. The Bertz CT molecular complexity index is 2330. The van der Waals surface area contributed by atoms with Gasteiger partial charge in [0.1, 0.15) is 11.5 Å². The Morgan fingerprint density at radius 2 is 1.68 bits per heavy atom. The summed E-state index contributed by atoms with van der Waals surface area (Å²) in [6, 6.07) is 22.6. The summed E-state index contributed by atoms with van der Waals surface area (Å²) in [4.78, 5) is 71.4. The summed E-state index contributed by atoms with van der Waals surface area (Å²) >= 11 is 12.8. The molecule has 288 valence electrons. The number of ether oxygens (including phenoxy) is 1. The number of hydrogen-bond donors (Lipinski definition) is 3. The number of rotatable bonds is 11. The largest absolute Gasteiger partial charge is 0.508 e. The number of benzene rings is 4. The van der Waals surface area contributed by atoms with Crippen molar-refractivity contribution in [2.45, 2.75) is 49.9 Å². The number of phenolic OH excluding ortho intramolecular Hbond substituents is 1. The molecule has 6 atom stereocenters. The number of amides is 4. The summed E-state index contributed by atoms with van der Waals surface area (Å²) in [5.41, 5.74) is 3.30. The Kier molecular flexibility index (Phi) is 9.78. The molecule has 0 radical (unpaired) electrons. The number of halogens is 2. The normalized spacial score (nSPS) is 25.6. The molecule has 0 aromatic heterocycles. The van der Waals surface area contributed by atoms with E-state index >= 15 is 9.59 Å². The zero-order valence-corrected chi connectivity index (χ0v) is 31.9. The van der Waals surface area contributed by atoms with Crippen LogP contribution < -0.4 is 10.2 Å². The van der Waals surface area contributed by atoms with E-state index in [1.54, 1.807) is 48.5 Å². The third-order valence-corrected chi connectivity index (χ3v) is 12.7. The lowest BCUT2D eigenvalue weighted by Gasteiger charge is -2.51. The summed E-state index contributed by atoms with van der Waals surface area (Å²) in [6.07, 6.45) is 3.69. The Labute approximate surface area is 332 Å². The van der Waals surface area contributed by atoms with Crippen molar-refractivity contribution >= 4 is 69.3 Å². The number of methoxy groups -OCH3 is 1. The highest BCUT2D eigenvalue weighted by molar-refractivity contribution is 6.36. The molecule has 2 heterocycles. The Morgan fingerprint density at radius 3 is 2.41 bits per heavy atom. The minimum atomic E-state index is -1.64. The SMILES string of the molecule is COc1ccc([C@@]23C(=O)N(Nc4ccc(Cl)cc4Cl)C(=O)[C@@H]2C[C@@H]2C(=CC[C@@H]4C(=O)N(CCCCCC(=O)O)C(=O)[C@@H]42)[C@@H]3c2c(O)ccc3ccccc23)cc1. The number of phenols is 1. The van der Waals surface area contributed by atoms with Crippen LogP contribution >= 0.6 is 23.2 Å². The second-order valence-corrected chi connectivity index (χ2v) is 15.8. The molecule has 2 aliphatic carbocycles. The van der Waals surface area contributed by atoms with Crippen LogP contribution in [0.4, 0.5) is 5.69 Å². The monoisotopic (exact) mass is 795 g/mol. The van der Waals surface area contributed by atoms with Crippen LogP contribution in [-0.4, -0.2) is 63.4 Å². The van der Waals surface area contributed by atoms with Gasteiger partial charge in [0.05, 0.1) is 41.0 Å². The summed E-state index contributed by atoms with van der Waals surface area (Å²) < 4.78 is 5.49. The summed E-state index contributed by atoms with van der Waals surface area (Å²) in [6.45, 7) is 0.163. The third-order valence-electron chi connectivity index (χ3n) is 12.2. The number of hydrogen-bond acceptors (Lipinski definition) is 8. The van der Waals surface area contributed by atoms with Gasteiger partial charge in [0.2, 0.25) is 11.8 Å². The van der Waals surface area contributed by atoms with Crippen LogP contribution in [0.15, 0.2) is 90.5 Å². The second kappa shape index (κ2) is 14.6. The fourth-order valence-electron chi connectivity index (χ4n) is 9.75. The minimum Gasteiger partial charge on any atom is -0.508 e. The molecule has 4 aliphatic rings. The van der Waals surface area contributed by atoms with E-state index in [9.17, 15) is 19.5 Å². The first-order chi connectivity index (χ1) is 27.0. The fraction of sp³-hybridized carbons (Fsp3) is 0.326. The minimum absolute atomic E-state index is 0.00504. The molecule has 11 nitrogen and oxygen atoms in total.